The molecule has 0 radical (unpaired) electrons. The van der Waals surface area contributed by atoms with E-state index in [1.165, 1.54) is 11.1 Å². The van der Waals surface area contributed by atoms with Gasteiger partial charge in [-0.2, -0.15) is 0 Å². The molecule has 0 aromatic heterocycles. The summed E-state index contributed by atoms with van der Waals surface area (Å²) in [5.41, 5.74) is 3.40. The Bertz CT molecular complexity index is 950. The summed E-state index contributed by atoms with van der Waals surface area (Å²) in [6.07, 6.45) is 0. The van der Waals surface area contributed by atoms with Crippen LogP contribution in [0.2, 0.25) is 10.0 Å². The molecule has 6 heteroatoms. The van der Waals surface area contributed by atoms with E-state index in [0.717, 1.165) is 31.9 Å². The third-order valence-electron chi connectivity index (χ3n) is 5.37. The highest BCUT2D eigenvalue weighted by Gasteiger charge is 2.27. The first-order chi connectivity index (χ1) is 14.6. The van der Waals surface area contributed by atoms with E-state index in [1.807, 2.05) is 6.07 Å². The van der Waals surface area contributed by atoms with Crippen molar-refractivity contribution in [3.8, 4) is 0 Å². The first-order valence-electron chi connectivity index (χ1n) is 9.97. The Morgan fingerprint density at radius 3 is 1.90 bits per heavy atom. The molecule has 154 valence electrons. The highest BCUT2D eigenvalue weighted by molar-refractivity contribution is 7.80. The van der Waals surface area contributed by atoms with Gasteiger partial charge in [-0.05, 0) is 41.5 Å². The minimum absolute atomic E-state index is 0.238. The van der Waals surface area contributed by atoms with Crippen molar-refractivity contribution in [3.05, 3.63) is 100 Å². The standard InChI is InChI=1S/C24H23Cl2N3S/c25-20-11-12-22(21(26)17-20)27-24(30)29-15-13-28(14-16-29)23(18-7-3-1-4-8-18)19-9-5-2-6-10-19/h1-12,17,23H,13-16H2,(H,27,30). The molecule has 1 fully saturated rings. The van der Waals surface area contributed by atoms with Crippen LogP contribution in [0.25, 0.3) is 0 Å². The maximum atomic E-state index is 6.28. The van der Waals surface area contributed by atoms with Gasteiger partial charge < -0.3 is 10.2 Å². The summed E-state index contributed by atoms with van der Waals surface area (Å²) >= 11 is 17.9. The van der Waals surface area contributed by atoms with Gasteiger partial charge in [0.05, 0.1) is 16.8 Å². The molecule has 30 heavy (non-hydrogen) atoms. The minimum atomic E-state index is 0.238. The van der Waals surface area contributed by atoms with Crippen LogP contribution in [0.3, 0.4) is 0 Å². The SMILES string of the molecule is S=C(Nc1ccc(Cl)cc1Cl)N1CCN(C(c2ccccc2)c2ccccc2)CC1. The van der Waals surface area contributed by atoms with Gasteiger partial charge in [0.2, 0.25) is 0 Å². The second kappa shape index (κ2) is 9.80. The number of hydrogen-bond acceptors (Lipinski definition) is 2. The first-order valence-corrected chi connectivity index (χ1v) is 11.1. The van der Waals surface area contributed by atoms with Crippen molar-refractivity contribution in [2.24, 2.45) is 0 Å². The summed E-state index contributed by atoms with van der Waals surface area (Å²) in [5.74, 6) is 0. The van der Waals surface area contributed by atoms with Gasteiger partial charge in [-0.1, -0.05) is 83.9 Å². The summed E-state index contributed by atoms with van der Waals surface area (Å²) in [5, 5.41) is 5.13. The lowest BCUT2D eigenvalue weighted by Crippen LogP contribution is -2.51. The van der Waals surface area contributed by atoms with E-state index in [4.69, 9.17) is 35.4 Å². The highest BCUT2D eigenvalue weighted by Crippen LogP contribution is 2.30. The molecule has 0 amide bonds. The molecule has 1 heterocycles. The molecule has 3 aromatic rings. The molecule has 0 spiro atoms. The lowest BCUT2D eigenvalue weighted by molar-refractivity contribution is 0.151. The number of nitrogens with zero attached hydrogens (tertiary/aromatic N) is 2. The number of halogens is 2. The quantitative estimate of drug-likeness (QED) is 0.478. The number of hydrogen-bond donors (Lipinski definition) is 1. The van der Waals surface area contributed by atoms with Gasteiger partial charge in [-0.25, -0.2) is 0 Å². The van der Waals surface area contributed by atoms with E-state index in [-0.39, 0.29) is 6.04 Å². The van der Waals surface area contributed by atoms with E-state index in [2.05, 4.69) is 75.8 Å². The molecule has 1 aliphatic heterocycles. The lowest BCUT2D eigenvalue weighted by Gasteiger charge is -2.40. The van der Waals surface area contributed by atoms with Crippen LogP contribution in [0.5, 0.6) is 0 Å². The van der Waals surface area contributed by atoms with Gasteiger partial charge in [0, 0.05) is 31.2 Å². The number of benzene rings is 3. The molecule has 1 aliphatic rings. The fourth-order valence-corrected chi connectivity index (χ4v) is 4.60. The van der Waals surface area contributed by atoms with Gasteiger partial charge in [0.15, 0.2) is 5.11 Å². The Kier molecular flexibility index (Phi) is 6.90. The van der Waals surface area contributed by atoms with Crippen molar-refractivity contribution >= 4 is 46.2 Å². The Hall–Kier alpha value is -2.11. The lowest BCUT2D eigenvalue weighted by atomic mass is 9.96. The minimum Gasteiger partial charge on any atom is -0.346 e. The smallest absolute Gasteiger partial charge is 0.173 e. The topological polar surface area (TPSA) is 18.5 Å². The van der Waals surface area contributed by atoms with Crippen LogP contribution in [-0.2, 0) is 0 Å². The molecular formula is C24H23Cl2N3S. The van der Waals surface area contributed by atoms with Crippen LogP contribution in [0.4, 0.5) is 5.69 Å². The second-order valence-electron chi connectivity index (χ2n) is 7.30. The van der Waals surface area contributed by atoms with Crippen LogP contribution in [0.15, 0.2) is 78.9 Å². The number of piperazine rings is 1. The molecule has 1 saturated heterocycles. The summed E-state index contributed by atoms with van der Waals surface area (Å²) in [6, 6.07) is 27.0. The third kappa shape index (κ3) is 4.96. The number of anilines is 1. The van der Waals surface area contributed by atoms with E-state index >= 15 is 0 Å². The van der Waals surface area contributed by atoms with E-state index in [0.29, 0.717) is 15.2 Å². The normalized spacial score (nSPS) is 14.7. The van der Waals surface area contributed by atoms with Crippen molar-refractivity contribution < 1.29 is 0 Å². The summed E-state index contributed by atoms with van der Waals surface area (Å²) in [4.78, 5) is 4.73. The molecule has 0 aliphatic carbocycles. The molecule has 3 aromatic carbocycles. The van der Waals surface area contributed by atoms with Crippen LogP contribution < -0.4 is 5.32 Å². The van der Waals surface area contributed by atoms with Gasteiger partial charge >= 0.3 is 0 Å². The van der Waals surface area contributed by atoms with Gasteiger partial charge in [0.25, 0.3) is 0 Å². The molecule has 3 nitrogen and oxygen atoms in total. The predicted molar refractivity (Wildman–Crippen MR) is 131 cm³/mol. The maximum absolute atomic E-state index is 6.28. The molecular weight excluding hydrogens is 433 g/mol. The fourth-order valence-electron chi connectivity index (χ4n) is 3.85. The zero-order chi connectivity index (χ0) is 20.9. The Labute approximate surface area is 193 Å². The largest absolute Gasteiger partial charge is 0.346 e. The molecule has 4 rings (SSSR count). The van der Waals surface area contributed by atoms with Crippen molar-refractivity contribution in [2.45, 2.75) is 6.04 Å². The van der Waals surface area contributed by atoms with Crippen LogP contribution in [0.1, 0.15) is 17.2 Å². The monoisotopic (exact) mass is 455 g/mol. The summed E-state index contributed by atoms with van der Waals surface area (Å²) < 4.78 is 0. The van der Waals surface area contributed by atoms with Crippen molar-refractivity contribution in [1.29, 1.82) is 0 Å². The van der Waals surface area contributed by atoms with Crippen LogP contribution >= 0.6 is 35.4 Å². The van der Waals surface area contributed by atoms with E-state index in [1.54, 1.807) is 12.1 Å². The van der Waals surface area contributed by atoms with Crippen LogP contribution in [0, 0.1) is 0 Å². The van der Waals surface area contributed by atoms with Crippen LogP contribution in [-0.4, -0.2) is 41.1 Å². The summed E-state index contributed by atoms with van der Waals surface area (Å²) in [7, 11) is 0. The van der Waals surface area contributed by atoms with Gasteiger partial charge in [-0.15, -0.1) is 0 Å². The van der Waals surface area contributed by atoms with E-state index < -0.39 is 0 Å². The van der Waals surface area contributed by atoms with Gasteiger partial charge in [0.1, 0.15) is 0 Å². The first kappa shape index (κ1) is 21.1. The Morgan fingerprint density at radius 2 is 1.37 bits per heavy atom. The predicted octanol–water partition coefficient (Wildman–Crippen LogP) is 6.10. The maximum Gasteiger partial charge on any atom is 0.173 e. The van der Waals surface area contributed by atoms with Crippen molar-refractivity contribution in [2.75, 3.05) is 31.5 Å². The summed E-state index contributed by atoms with van der Waals surface area (Å²) in [6.45, 7) is 3.55. The number of rotatable bonds is 4. The molecule has 0 unspecified atom stereocenters. The number of nitrogens with one attached hydrogen (secondary N) is 1. The molecule has 0 saturated carbocycles. The number of thiocarbonyl (C=S) groups is 1. The fraction of sp³-hybridized carbons (Fsp3) is 0.208. The average molecular weight is 456 g/mol. The van der Waals surface area contributed by atoms with E-state index in [9.17, 15) is 0 Å². The molecule has 0 atom stereocenters. The van der Waals surface area contributed by atoms with Gasteiger partial charge in [-0.3, -0.25) is 4.90 Å². The van der Waals surface area contributed by atoms with Crippen molar-refractivity contribution in [1.82, 2.24) is 9.80 Å². The Balaban J connectivity index is 1.45. The average Bonchev–Trinajstić information content (AvgIpc) is 2.78. The zero-order valence-electron chi connectivity index (χ0n) is 16.5. The second-order valence-corrected chi connectivity index (χ2v) is 8.53. The molecule has 1 N–H and O–H groups in total. The Morgan fingerprint density at radius 1 is 0.800 bits per heavy atom. The molecule has 0 bridgehead atoms. The highest BCUT2D eigenvalue weighted by atomic mass is 35.5. The zero-order valence-corrected chi connectivity index (χ0v) is 18.8. The van der Waals surface area contributed by atoms with Crippen molar-refractivity contribution in [3.63, 3.8) is 0 Å². The third-order valence-corrected chi connectivity index (χ3v) is 6.28.